The molecule has 1 aliphatic rings. The number of pyridine rings is 1. The number of nitrogens with one attached hydrogen (secondary N) is 1. The van der Waals surface area contributed by atoms with Crippen LogP contribution in [-0.2, 0) is 4.74 Å². The van der Waals surface area contributed by atoms with Crippen molar-refractivity contribution in [1.29, 1.82) is 0 Å². The number of hydrogen-bond donors (Lipinski definition) is 1. The van der Waals surface area contributed by atoms with Gasteiger partial charge in [-0.25, -0.2) is 9.78 Å². The van der Waals surface area contributed by atoms with E-state index in [0.717, 1.165) is 27.4 Å². The van der Waals surface area contributed by atoms with Crippen LogP contribution < -0.4 is 10.1 Å². The molecule has 1 N–H and O–H groups in total. The van der Waals surface area contributed by atoms with Crippen molar-refractivity contribution in [1.82, 2.24) is 15.3 Å². The van der Waals surface area contributed by atoms with Gasteiger partial charge in [0.15, 0.2) is 6.10 Å². The summed E-state index contributed by atoms with van der Waals surface area (Å²) in [6, 6.07) is 9.03. The van der Waals surface area contributed by atoms with Gasteiger partial charge in [0, 0.05) is 23.3 Å². The van der Waals surface area contributed by atoms with Crippen LogP contribution >= 0.6 is 11.3 Å². The molecule has 0 radical (unpaired) electrons. The van der Waals surface area contributed by atoms with Gasteiger partial charge in [-0.1, -0.05) is 18.1 Å². The highest BCUT2D eigenvalue weighted by Crippen LogP contribution is 2.37. The molecule has 1 amide bonds. The van der Waals surface area contributed by atoms with Crippen molar-refractivity contribution in [2.75, 3.05) is 7.11 Å². The molecule has 4 rings (SSSR count). The quantitative estimate of drug-likeness (QED) is 0.688. The van der Waals surface area contributed by atoms with E-state index in [0.29, 0.717) is 5.75 Å². The Labute approximate surface area is 166 Å². The first-order chi connectivity index (χ1) is 13.6. The Bertz CT molecular complexity index is 1080. The Balaban J connectivity index is 1.63. The van der Waals surface area contributed by atoms with Gasteiger partial charge in [0.05, 0.1) is 12.1 Å². The first-order valence-electron chi connectivity index (χ1n) is 8.62. The SMILES string of the molecule is COc1cccc([C@@H]2OC(=O)N[C@H]2c2cncc(C#Cc3csc(C)n3)c2)c1. The van der Waals surface area contributed by atoms with Gasteiger partial charge < -0.3 is 14.8 Å². The van der Waals surface area contributed by atoms with Crippen LogP contribution in [0.3, 0.4) is 0 Å². The normalized spacial score (nSPS) is 18.0. The Kier molecular flexibility index (Phi) is 4.96. The second kappa shape index (κ2) is 7.71. The van der Waals surface area contributed by atoms with Crippen molar-refractivity contribution in [2.24, 2.45) is 0 Å². The van der Waals surface area contributed by atoms with E-state index in [4.69, 9.17) is 9.47 Å². The van der Waals surface area contributed by atoms with Crippen LogP contribution in [0.25, 0.3) is 0 Å². The lowest BCUT2D eigenvalue weighted by atomic mass is 9.96. The average Bonchev–Trinajstić information content (AvgIpc) is 3.32. The fraction of sp³-hybridized carbons (Fsp3) is 0.190. The zero-order valence-corrected chi connectivity index (χ0v) is 16.1. The molecule has 1 aromatic carbocycles. The zero-order chi connectivity index (χ0) is 19.5. The number of carbonyl (C=O) groups is 1. The second-order valence-electron chi connectivity index (χ2n) is 6.23. The summed E-state index contributed by atoms with van der Waals surface area (Å²) < 4.78 is 10.8. The summed E-state index contributed by atoms with van der Waals surface area (Å²) in [7, 11) is 1.60. The molecule has 3 aromatic rings. The number of hydrogen-bond acceptors (Lipinski definition) is 6. The van der Waals surface area contributed by atoms with Crippen LogP contribution in [0.5, 0.6) is 5.75 Å². The standard InChI is InChI=1S/C21H17N3O3S/c1-13-23-17(12-28-13)7-6-14-8-16(11-22-10-14)19-20(27-21(25)24-19)15-4-3-5-18(9-15)26-2/h3-5,8-12,19-20H,1-2H3,(H,24,25)/t19-,20-/m0/s1. The minimum absolute atomic E-state index is 0.365. The third-order valence-corrected chi connectivity index (χ3v) is 5.08. The number of nitrogens with zero attached hydrogens (tertiary/aromatic N) is 2. The van der Waals surface area contributed by atoms with Gasteiger partial charge in [-0.05, 0) is 42.2 Å². The van der Waals surface area contributed by atoms with Crippen LogP contribution in [-0.4, -0.2) is 23.2 Å². The molecule has 140 valence electrons. The molecule has 1 fully saturated rings. The Morgan fingerprint density at radius 2 is 2.11 bits per heavy atom. The number of cyclic esters (lactones) is 1. The molecule has 0 saturated carbocycles. The maximum Gasteiger partial charge on any atom is 0.408 e. The summed E-state index contributed by atoms with van der Waals surface area (Å²) >= 11 is 1.56. The van der Waals surface area contributed by atoms with E-state index in [1.54, 1.807) is 30.8 Å². The van der Waals surface area contributed by atoms with Crippen molar-refractivity contribution in [3.05, 3.63) is 75.5 Å². The third kappa shape index (κ3) is 3.82. The number of ether oxygens (including phenoxy) is 2. The lowest BCUT2D eigenvalue weighted by molar-refractivity contribution is 0.132. The molecule has 7 heteroatoms. The van der Waals surface area contributed by atoms with Crippen LogP contribution in [0.1, 0.15) is 39.5 Å². The average molecular weight is 391 g/mol. The van der Waals surface area contributed by atoms with Gasteiger partial charge in [0.2, 0.25) is 0 Å². The molecule has 0 spiro atoms. The third-order valence-electron chi connectivity index (χ3n) is 4.30. The van der Waals surface area contributed by atoms with E-state index in [9.17, 15) is 4.79 Å². The highest BCUT2D eigenvalue weighted by atomic mass is 32.1. The molecular weight excluding hydrogens is 374 g/mol. The number of aryl methyl sites for hydroxylation is 1. The lowest BCUT2D eigenvalue weighted by Gasteiger charge is -2.18. The highest BCUT2D eigenvalue weighted by Gasteiger charge is 2.36. The summed E-state index contributed by atoms with van der Waals surface area (Å²) in [5.41, 5.74) is 3.14. The van der Waals surface area contributed by atoms with E-state index < -0.39 is 12.2 Å². The summed E-state index contributed by atoms with van der Waals surface area (Å²) in [5, 5.41) is 5.75. The number of rotatable bonds is 3. The van der Waals surface area contributed by atoms with Crippen molar-refractivity contribution in [3.63, 3.8) is 0 Å². The first kappa shape index (κ1) is 18.0. The van der Waals surface area contributed by atoms with Gasteiger partial charge in [-0.3, -0.25) is 4.98 Å². The van der Waals surface area contributed by atoms with E-state index >= 15 is 0 Å². The molecule has 28 heavy (non-hydrogen) atoms. The fourth-order valence-corrected chi connectivity index (χ4v) is 3.56. The minimum Gasteiger partial charge on any atom is -0.497 e. The maximum atomic E-state index is 11.9. The largest absolute Gasteiger partial charge is 0.497 e. The van der Waals surface area contributed by atoms with Gasteiger partial charge >= 0.3 is 6.09 Å². The maximum absolute atomic E-state index is 11.9. The Hall–Kier alpha value is -3.37. The van der Waals surface area contributed by atoms with Crippen molar-refractivity contribution >= 4 is 17.4 Å². The predicted molar refractivity (Wildman–Crippen MR) is 105 cm³/mol. The monoisotopic (exact) mass is 391 g/mol. The minimum atomic E-state index is -0.478. The number of thiazole rings is 1. The van der Waals surface area contributed by atoms with Gasteiger partial charge in [-0.2, -0.15) is 0 Å². The Morgan fingerprint density at radius 3 is 2.89 bits per heavy atom. The van der Waals surface area contributed by atoms with Crippen LogP contribution in [0, 0.1) is 18.8 Å². The number of amides is 1. The zero-order valence-electron chi connectivity index (χ0n) is 15.3. The number of alkyl carbamates (subject to hydrolysis) is 1. The number of benzene rings is 1. The molecule has 1 saturated heterocycles. The highest BCUT2D eigenvalue weighted by molar-refractivity contribution is 7.09. The summed E-state index contributed by atoms with van der Waals surface area (Å²) in [4.78, 5) is 20.6. The van der Waals surface area contributed by atoms with E-state index in [-0.39, 0.29) is 6.04 Å². The lowest BCUT2D eigenvalue weighted by Crippen LogP contribution is -2.19. The summed E-state index contributed by atoms with van der Waals surface area (Å²) in [5.74, 6) is 6.83. The van der Waals surface area contributed by atoms with Gasteiger partial charge in [-0.15, -0.1) is 11.3 Å². The van der Waals surface area contributed by atoms with Gasteiger partial charge in [0.1, 0.15) is 17.5 Å². The van der Waals surface area contributed by atoms with Crippen molar-refractivity contribution in [3.8, 4) is 17.6 Å². The molecule has 0 bridgehead atoms. The van der Waals surface area contributed by atoms with E-state index in [1.165, 1.54) is 0 Å². The van der Waals surface area contributed by atoms with Gasteiger partial charge in [0.25, 0.3) is 0 Å². The number of carbonyl (C=O) groups excluding carboxylic acids is 1. The van der Waals surface area contributed by atoms with Crippen LogP contribution in [0.4, 0.5) is 4.79 Å². The summed E-state index contributed by atoms with van der Waals surface area (Å²) in [6.45, 7) is 1.94. The Morgan fingerprint density at radius 1 is 1.21 bits per heavy atom. The summed E-state index contributed by atoms with van der Waals surface area (Å²) in [6.07, 6.45) is 2.46. The molecule has 2 aromatic heterocycles. The molecule has 6 nitrogen and oxygen atoms in total. The van der Waals surface area contributed by atoms with Crippen molar-refractivity contribution < 1.29 is 14.3 Å². The van der Waals surface area contributed by atoms with E-state index in [1.807, 2.05) is 42.6 Å². The molecule has 0 aliphatic carbocycles. The topological polar surface area (TPSA) is 73.3 Å². The first-order valence-corrected chi connectivity index (χ1v) is 9.50. The molecule has 3 heterocycles. The second-order valence-corrected chi connectivity index (χ2v) is 7.30. The number of aromatic nitrogens is 2. The predicted octanol–water partition coefficient (Wildman–Crippen LogP) is 3.78. The van der Waals surface area contributed by atoms with Crippen LogP contribution in [0.15, 0.2) is 48.1 Å². The molecular formula is C21H17N3O3S. The van der Waals surface area contributed by atoms with Crippen molar-refractivity contribution in [2.45, 2.75) is 19.1 Å². The molecule has 1 aliphatic heterocycles. The molecule has 0 unspecified atom stereocenters. The number of methoxy groups -OCH3 is 1. The fourth-order valence-electron chi connectivity index (χ4n) is 3.01. The molecule has 2 atom stereocenters. The van der Waals surface area contributed by atoms with E-state index in [2.05, 4.69) is 27.1 Å². The smallest absolute Gasteiger partial charge is 0.408 e. The van der Waals surface area contributed by atoms with Crippen LogP contribution in [0.2, 0.25) is 0 Å².